The van der Waals surface area contributed by atoms with Crippen LogP contribution >= 0.6 is 11.6 Å². The van der Waals surface area contributed by atoms with Crippen LogP contribution in [0.15, 0.2) is 24.3 Å². The van der Waals surface area contributed by atoms with E-state index in [1.165, 1.54) is 0 Å². The molecule has 1 fully saturated rings. The molecule has 0 heterocycles. The van der Waals surface area contributed by atoms with Crippen LogP contribution < -0.4 is 5.32 Å². The Balaban J connectivity index is 1.95. The Morgan fingerprint density at radius 1 is 1.41 bits per heavy atom. The lowest BCUT2D eigenvalue weighted by atomic mass is 9.79. The third-order valence-electron chi connectivity index (χ3n) is 3.43. The lowest BCUT2D eigenvalue weighted by molar-refractivity contribution is -0.146. The smallest absolute Gasteiger partial charge is 0.308 e. The molecular weight excluding hydrogens is 238 g/mol. The normalized spacial score (nSPS) is 25.1. The molecular formula is C13H16ClNO2. The number of aliphatic carboxylic acids is 1. The second-order valence-corrected chi connectivity index (χ2v) is 5.00. The molecule has 17 heavy (non-hydrogen) atoms. The van der Waals surface area contributed by atoms with E-state index in [2.05, 4.69) is 5.32 Å². The van der Waals surface area contributed by atoms with Crippen molar-refractivity contribution in [2.24, 2.45) is 5.92 Å². The molecule has 0 aromatic heterocycles. The van der Waals surface area contributed by atoms with E-state index in [1.807, 2.05) is 31.2 Å². The van der Waals surface area contributed by atoms with Gasteiger partial charge in [0.15, 0.2) is 0 Å². The van der Waals surface area contributed by atoms with Crippen molar-refractivity contribution in [3.63, 3.8) is 0 Å². The third kappa shape index (κ3) is 2.79. The second kappa shape index (κ2) is 5.07. The number of hydrogen-bond donors (Lipinski definition) is 2. The Hall–Kier alpha value is -1.06. The fourth-order valence-corrected chi connectivity index (χ4v) is 2.29. The highest BCUT2D eigenvalue weighted by atomic mass is 35.5. The van der Waals surface area contributed by atoms with Gasteiger partial charge < -0.3 is 10.4 Å². The van der Waals surface area contributed by atoms with Gasteiger partial charge in [0, 0.05) is 17.1 Å². The third-order valence-corrected chi connectivity index (χ3v) is 3.68. The maximum absolute atomic E-state index is 10.9. The molecule has 92 valence electrons. The molecule has 2 N–H and O–H groups in total. The molecule has 0 aliphatic heterocycles. The second-order valence-electron chi connectivity index (χ2n) is 4.57. The Kier molecular flexibility index (Phi) is 3.69. The minimum Gasteiger partial charge on any atom is -0.481 e. The van der Waals surface area contributed by atoms with E-state index in [1.54, 1.807) is 0 Å². The van der Waals surface area contributed by atoms with Crippen LogP contribution in [0.1, 0.15) is 31.4 Å². The van der Waals surface area contributed by atoms with Crippen molar-refractivity contribution in [1.82, 2.24) is 5.32 Å². The van der Waals surface area contributed by atoms with Crippen LogP contribution in [0.2, 0.25) is 5.02 Å². The number of nitrogens with one attached hydrogen (secondary N) is 1. The van der Waals surface area contributed by atoms with Gasteiger partial charge in [-0.05, 0) is 37.5 Å². The minimum absolute atomic E-state index is 0.0955. The Morgan fingerprint density at radius 3 is 2.53 bits per heavy atom. The maximum atomic E-state index is 10.9. The van der Waals surface area contributed by atoms with Crippen molar-refractivity contribution in [1.29, 1.82) is 0 Å². The van der Waals surface area contributed by atoms with E-state index >= 15 is 0 Å². The molecule has 1 saturated carbocycles. The first-order chi connectivity index (χ1) is 8.08. The zero-order valence-electron chi connectivity index (χ0n) is 9.69. The Morgan fingerprint density at radius 2 is 2.06 bits per heavy atom. The number of hydrogen-bond acceptors (Lipinski definition) is 2. The predicted molar refractivity (Wildman–Crippen MR) is 67.2 cm³/mol. The van der Waals surface area contributed by atoms with Gasteiger partial charge in [-0.25, -0.2) is 0 Å². The molecule has 3 unspecified atom stereocenters. The molecule has 0 bridgehead atoms. The summed E-state index contributed by atoms with van der Waals surface area (Å²) in [7, 11) is 0. The minimum atomic E-state index is -0.697. The van der Waals surface area contributed by atoms with Crippen LogP contribution in [0.5, 0.6) is 0 Å². The van der Waals surface area contributed by atoms with Gasteiger partial charge in [-0.3, -0.25) is 4.79 Å². The van der Waals surface area contributed by atoms with E-state index < -0.39 is 5.97 Å². The molecule has 1 aliphatic carbocycles. The fraction of sp³-hybridized carbons (Fsp3) is 0.462. The van der Waals surface area contributed by atoms with Crippen molar-refractivity contribution in [2.45, 2.75) is 31.8 Å². The van der Waals surface area contributed by atoms with Gasteiger partial charge in [0.05, 0.1) is 5.92 Å². The highest BCUT2D eigenvalue weighted by Crippen LogP contribution is 2.30. The zero-order chi connectivity index (χ0) is 12.4. The highest BCUT2D eigenvalue weighted by molar-refractivity contribution is 6.30. The van der Waals surface area contributed by atoms with Crippen LogP contribution in [-0.2, 0) is 4.79 Å². The number of carboxylic acid groups (broad SMARTS) is 1. The average molecular weight is 254 g/mol. The summed E-state index contributed by atoms with van der Waals surface area (Å²) in [6.07, 6.45) is 1.72. The first-order valence-electron chi connectivity index (χ1n) is 5.82. The number of halogens is 1. The van der Waals surface area contributed by atoms with Crippen LogP contribution in [0, 0.1) is 5.92 Å². The quantitative estimate of drug-likeness (QED) is 0.868. The molecule has 1 aromatic carbocycles. The van der Waals surface area contributed by atoms with Crippen LogP contribution in [0.3, 0.4) is 0 Å². The molecule has 1 aromatic rings. The summed E-state index contributed by atoms with van der Waals surface area (Å²) in [5, 5.41) is 13.0. The zero-order valence-corrected chi connectivity index (χ0v) is 10.4. The Labute approximate surface area is 106 Å². The van der Waals surface area contributed by atoms with E-state index in [0.29, 0.717) is 5.02 Å². The monoisotopic (exact) mass is 253 g/mol. The topological polar surface area (TPSA) is 49.3 Å². The lowest BCUT2D eigenvalue weighted by Gasteiger charge is -2.36. The molecule has 1 aliphatic rings. The van der Waals surface area contributed by atoms with Crippen LogP contribution in [0.25, 0.3) is 0 Å². The summed E-state index contributed by atoms with van der Waals surface area (Å²) in [5.74, 6) is -0.929. The molecule has 0 amide bonds. The van der Waals surface area contributed by atoms with Crippen LogP contribution in [0.4, 0.5) is 0 Å². The van der Waals surface area contributed by atoms with Crippen molar-refractivity contribution >= 4 is 17.6 Å². The lowest BCUT2D eigenvalue weighted by Crippen LogP contribution is -2.48. The molecule has 0 spiro atoms. The maximum Gasteiger partial charge on any atom is 0.308 e. The molecule has 4 heteroatoms. The van der Waals surface area contributed by atoms with Gasteiger partial charge in [0.25, 0.3) is 0 Å². The van der Waals surface area contributed by atoms with Crippen LogP contribution in [-0.4, -0.2) is 17.1 Å². The summed E-state index contributed by atoms with van der Waals surface area (Å²) in [5.41, 5.74) is 1.13. The van der Waals surface area contributed by atoms with Crippen molar-refractivity contribution in [3.05, 3.63) is 34.9 Å². The van der Waals surface area contributed by atoms with Crippen molar-refractivity contribution in [3.8, 4) is 0 Å². The number of carbonyl (C=O) groups is 1. The van der Waals surface area contributed by atoms with E-state index in [4.69, 9.17) is 16.7 Å². The molecule has 2 rings (SSSR count). The highest BCUT2D eigenvalue weighted by Gasteiger charge is 2.37. The number of rotatable bonds is 4. The first-order valence-corrected chi connectivity index (χ1v) is 6.20. The van der Waals surface area contributed by atoms with Gasteiger partial charge in [0.1, 0.15) is 0 Å². The van der Waals surface area contributed by atoms with Gasteiger partial charge in [0.2, 0.25) is 0 Å². The van der Waals surface area contributed by atoms with Gasteiger partial charge >= 0.3 is 5.97 Å². The standard InChI is InChI=1S/C13H16ClNO2/c1-8(9-2-4-10(14)5-3-9)15-12-7-6-11(12)13(16)17/h2-5,8,11-12,15H,6-7H2,1H3,(H,16,17). The van der Waals surface area contributed by atoms with Crippen molar-refractivity contribution in [2.75, 3.05) is 0 Å². The summed E-state index contributed by atoms with van der Waals surface area (Å²) < 4.78 is 0. The Bertz CT molecular complexity index is 404. The summed E-state index contributed by atoms with van der Waals surface area (Å²) in [6.45, 7) is 2.04. The van der Waals surface area contributed by atoms with E-state index in [0.717, 1.165) is 18.4 Å². The number of carboxylic acids is 1. The van der Waals surface area contributed by atoms with E-state index in [-0.39, 0.29) is 18.0 Å². The summed E-state index contributed by atoms with van der Waals surface area (Å²) >= 11 is 5.83. The molecule has 0 radical (unpaired) electrons. The summed E-state index contributed by atoms with van der Waals surface area (Å²) in [6, 6.07) is 7.88. The largest absolute Gasteiger partial charge is 0.481 e. The molecule has 3 nitrogen and oxygen atoms in total. The first kappa shape index (κ1) is 12.4. The van der Waals surface area contributed by atoms with Gasteiger partial charge in [-0.1, -0.05) is 23.7 Å². The van der Waals surface area contributed by atoms with Gasteiger partial charge in [-0.2, -0.15) is 0 Å². The summed E-state index contributed by atoms with van der Waals surface area (Å²) in [4.78, 5) is 10.9. The van der Waals surface area contributed by atoms with Crippen molar-refractivity contribution < 1.29 is 9.90 Å². The SMILES string of the molecule is CC(NC1CCC1C(=O)O)c1ccc(Cl)cc1. The molecule has 0 saturated heterocycles. The number of benzene rings is 1. The van der Waals surface area contributed by atoms with Gasteiger partial charge in [-0.15, -0.1) is 0 Å². The average Bonchev–Trinajstić information content (AvgIpc) is 2.24. The predicted octanol–water partition coefficient (Wildman–Crippen LogP) is 2.85. The fourth-order valence-electron chi connectivity index (χ4n) is 2.16. The van der Waals surface area contributed by atoms with E-state index in [9.17, 15) is 4.79 Å². The molecule has 3 atom stereocenters.